The number of amides is 1. The van der Waals surface area contributed by atoms with Crippen molar-refractivity contribution >= 4 is 5.91 Å². The lowest BCUT2D eigenvalue weighted by molar-refractivity contribution is 0.0935. The van der Waals surface area contributed by atoms with E-state index in [-0.39, 0.29) is 37.0 Å². The van der Waals surface area contributed by atoms with Crippen molar-refractivity contribution in [3.8, 4) is 5.75 Å². The number of hydrogen-bond acceptors (Lipinski definition) is 5. The first-order chi connectivity index (χ1) is 10.1. The van der Waals surface area contributed by atoms with Crippen molar-refractivity contribution in [3.05, 3.63) is 47.4 Å². The topological polar surface area (TPSA) is 84.6 Å². The highest BCUT2D eigenvalue weighted by molar-refractivity contribution is 5.92. The molecule has 6 nitrogen and oxygen atoms in total. The molecule has 0 radical (unpaired) electrons. The van der Waals surface area contributed by atoms with E-state index in [9.17, 15) is 13.6 Å². The number of carbonyl (C=O) groups is 1. The van der Waals surface area contributed by atoms with E-state index in [4.69, 9.17) is 14.4 Å². The highest BCUT2D eigenvalue weighted by Crippen LogP contribution is 2.19. The van der Waals surface area contributed by atoms with Crippen LogP contribution in [-0.2, 0) is 6.61 Å². The highest BCUT2D eigenvalue weighted by Gasteiger charge is 2.13. The van der Waals surface area contributed by atoms with Gasteiger partial charge in [0, 0.05) is 18.7 Å². The van der Waals surface area contributed by atoms with Crippen LogP contribution in [0.4, 0.5) is 8.78 Å². The Morgan fingerprint density at radius 2 is 2.19 bits per heavy atom. The average Bonchev–Trinajstić information content (AvgIpc) is 2.93. The Balaban J connectivity index is 1.95. The van der Waals surface area contributed by atoms with Crippen molar-refractivity contribution in [2.45, 2.75) is 6.61 Å². The maximum absolute atomic E-state index is 13.3. The van der Waals surface area contributed by atoms with E-state index in [0.29, 0.717) is 6.07 Å². The second kappa shape index (κ2) is 6.80. The molecule has 21 heavy (non-hydrogen) atoms. The molecule has 0 spiro atoms. The minimum absolute atomic E-state index is 0.0154. The number of aliphatic hydroxyl groups excluding tert-OH is 1. The standard InChI is InChI=1S/C13H12F2N2O4/c14-8-1-2-12(10(15)5-8)20-7-9-6-11(17-21-9)13(19)16-3-4-18/h1-2,5-6,18H,3-4,7H2,(H,16,19). The van der Waals surface area contributed by atoms with Gasteiger partial charge in [-0.2, -0.15) is 0 Å². The predicted molar refractivity (Wildman–Crippen MR) is 66.6 cm³/mol. The van der Waals surface area contributed by atoms with Crippen molar-refractivity contribution in [1.82, 2.24) is 10.5 Å². The lowest BCUT2D eigenvalue weighted by atomic mass is 10.3. The largest absolute Gasteiger partial charge is 0.482 e. The molecule has 0 saturated heterocycles. The number of benzene rings is 1. The minimum Gasteiger partial charge on any atom is -0.482 e. The Labute approximate surface area is 118 Å². The molecule has 0 fully saturated rings. The van der Waals surface area contributed by atoms with Gasteiger partial charge in [-0.15, -0.1) is 0 Å². The number of ether oxygens (including phenoxy) is 1. The molecule has 0 unspecified atom stereocenters. The van der Waals surface area contributed by atoms with Gasteiger partial charge in [-0.3, -0.25) is 4.79 Å². The first-order valence-corrected chi connectivity index (χ1v) is 6.02. The molecule has 1 aromatic heterocycles. The number of aromatic nitrogens is 1. The molecule has 0 atom stereocenters. The molecule has 0 bridgehead atoms. The van der Waals surface area contributed by atoms with Gasteiger partial charge >= 0.3 is 0 Å². The van der Waals surface area contributed by atoms with Crippen LogP contribution in [0.25, 0.3) is 0 Å². The zero-order chi connectivity index (χ0) is 15.2. The van der Waals surface area contributed by atoms with E-state index < -0.39 is 17.5 Å². The summed E-state index contributed by atoms with van der Waals surface area (Å²) in [6.07, 6.45) is 0. The zero-order valence-electron chi connectivity index (χ0n) is 10.8. The molecule has 1 aromatic carbocycles. The van der Waals surface area contributed by atoms with Gasteiger partial charge in [0.05, 0.1) is 6.61 Å². The fraction of sp³-hybridized carbons (Fsp3) is 0.231. The normalized spacial score (nSPS) is 10.4. The molecule has 0 aliphatic carbocycles. The molecule has 2 aromatic rings. The van der Waals surface area contributed by atoms with Gasteiger partial charge in [0.25, 0.3) is 5.91 Å². The fourth-order valence-electron chi connectivity index (χ4n) is 1.49. The van der Waals surface area contributed by atoms with Crippen molar-refractivity contribution in [3.63, 3.8) is 0 Å². The predicted octanol–water partition coefficient (Wildman–Crippen LogP) is 1.25. The molecule has 2 N–H and O–H groups in total. The van der Waals surface area contributed by atoms with Gasteiger partial charge in [-0.05, 0) is 12.1 Å². The van der Waals surface area contributed by atoms with Gasteiger partial charge in [-0.25, -0.2) is 8.78 Å². The summed E-state index contributed by atoms with van der Waals surface area (Å²) < 4.78 is 36.0. The summed E-state index contributed by atoms with van der Waals surface area (Å²) in [4.78, 5) is 11.5. The van der Waals surface area contributed by atoms with Gasteiger partial charge in [0.1, 0.15) is 12.4 Å². The van der Waals surface area contributed by atoms with Crippen molar-refractivity contribution in [2.24, 2.45) is 0 Å². The van der Waals surface area contributed by atoms with Crippen LogP contribution in [0, 0.1) is 11.6 Å². The van der Waals surface area contributed by atoms with E-state index >= 15 is 0 Å². The van der Waals surface area contributed by atoms with Crippen LogP contribution in [0.2, 0.25) is 0 Å². The molecule has 8 heteroatoms. The van der Waals surface area contributed by atoms with Crippen LogP contribution in [0.1, 0.15) is 16.2 Å². The third kappa shape index (κ3) is 3.99. The van der Waals surface area contributed by atoms with Crippen LogP contribution in [-0.4, -0.2) is 29.3 Å². The second-order valence-corrected chi connectivity index (χ2v) is 4.02. The Morgan fingerprint density at radius 1 is 1.38 bits per heavy atom. The maximum atomic E-state index is 13.3. The highest BCUT2D eigenvalue weighted by atomic mass is 19.1. The molecule has 0 saturated carbocycles. The van der Waals surface area contributed by atoms with Gasteiger partial charge in [0.15, 0.2) is 23.0 Å². The van der Waals surface area contributed by atoms with Crippen LogP contribution < -0.4 is 10.1 Å². The molecular formula is C13H12F2N2O4. The first kappa shape index (κ1) is 14.9. The zero-order valence-corrected chi connectivity index (χ0v) is 10.8. The smallest absolute Gasteiger partial charge is 0.273 e. The third-order valence-electron chi connectivity index (χ3n) is 2.45. The number of halogens is 2. The monoisotopic (exact) mass is 298 g/mol. The maximum Gasteiger partial charge on any atom is 0.273 e. The Bertz CT molecular complexity index is 630. The first-order valence-electron chi connectivity index (χ1n) is 6.02. The number of rotatable bonds is 6. The summed E-state index contributed by atoms with van der Waals surface area (Å²) in [5, 5.41) is 14.5. The number of nitrogens with zero attached hydrogens (tertiary/aromatic N) is 1. The molecule has 0 aliphatic heterocycles. The van der Waals surface area contributed by atoms with Gasteiger partial charge in [0.2, 0.25) is 0 Å². The van der Waals surface area contributed by atoms with E-state index in [1.54, 1.807) is 0 Å². The summed E-state index contributed by atoms with van der Waals surface area (Å²) in [7, 11) is 0. The Kier molecular flexibility index (Phi) is 4.83. The van der Waals surface area contributed by atoms with E-state index in [2.05, 4.69) is 10.5 Å². The summed E-state index contributed by atoms with van der Waals surface area (Å²) in [6.45, 7) is -0.259. The van der Waals surface area contributed by atoms with Gasteiger partial charge in [-0.1, -0.05) is 5.16 Å². The minimum atomic E-state index is -0.838. The quantitative estimate of drug-likeness (QED) is 0.838. The number of carbonyl (C=O) groups excluding carboxylic acids is 1. The van der Waals surface area contributed by atoms with Crippen LogP contribution in [0.15, 0.2) is 28.8 Å². The summed E-state index contributed by atoms with van der Waals surface area (Å²) in [5.41, 5.74) is 0.0154. The lowest BCUT2D eigenvalue weighted by Gasteiger charge is -2.04. The Hall–Kier alpha value is -2.48. The molecule has 0 aliphatic rings. The molecular weight excluding hydrogens is 286 g/mol. The van der Waals surface area contributed by atoms with Crippen LogP contribution in [0.3, 0.4) is 0 Å². The lowest BCUT2D eigenvalue weighted by Crippen LogP contribution is -2.26. The fourth-order valence-corrected chi connectivity index (χ4v) is 1.49. The molecule has 2 rings (SSSR count). The number of hydrogen-bond donors (Lipinski definition) is 2. The Morgan fingerprint density at radius 3 is 2.90 bits per heavy atom. The van der Waals surface area contributed by atoms with Crippen molar-refractivity contribution < 1.29 is 27.9 Å². The molecule has 112 valence electrons. The summed E-state index contributed by atoms with van der Waals surface area (Å²) in [5.74, 6) is -1.99. The van der Waals surface area contributed by atoms with Gasteiger partial charge < -0.3 is 19.7 Å². The molecule has 1 heterocycles. The van der Waals surface area contributed by atoms with Crippen molar-refractivity contribution in [1.29, 1.82) is 0 Å². The summed E-state index contributed by atoms with van der Waals surface area (Å²) in [6, 6.07) is 4.24. The summed E-state index contributed by atoms with van der Waals surface area (Å²) >= 11 is 0. The SMILES string of the molecule is O=C(NCCO)c1cc(COc2ccc(F)cc2F)on1. The van der Waals surface area contributed by atoms with Crippen LogP contribution >= 0.6 is 0 Å². The molecule has 1 amide bonds. The number of aliphatic hydroxyl groups is 1. The second-order valence-electron chi connectivity index (χ2n) is 4.02. The van der Waals surface area contributed by atoms with E-state index in [1.807, 2.05) is 0 Å². The average molecular weight is 298 g/mol. The van der Waals surface area contributed by atoms with E-state index in [0.717, 1.165) is 12.1 Å². The number of nitrogens with one attached hydrogen (secondary N) is 1. The van der Waals surface area contributed by atoms with E-state index in [1.165, 1.54) is 6.07 Å². The van der Waals surface area contributed by atoms with Crippen LogP contribution in [0.5, 0.6) is 5.75 Å². The third-order valence-corrected chi connectivity index (χ3v) is 2.45. The van der Waals surface area contributed by atoms with Crippen molar-refractivity contribution in [2.75, 3.05) is 13.2 Å².